The van der Waals surface area contributed by atoms with Gasteiger partial charge in [-0.15, -0.1) is 11.3 Å². The van der Waals surface area contributed by atoms with Gasteiger partial charge in [0.25, 0.3) is 15.9 Å². The highest BCUT2D eigenvalue weighted by atomic mass is 35.5. The van der Waals surface area contributed by atoms with E-state index in [-0.39, 0.29) is 12.5 Å². The second-order valence-electron chi connectivity index (χ2n) is 7.08. The number of sulfonamides is 1. The molecule has 6 nitrogen and oxygen atoms in total. The zero-order chi connectivity index (χ0) is 20.4. The van der Waals surface area contributed by atoms with E-state index in [9.17, 15) is 13.2 Å². The van der Waals surface area contributed by atoms with E-state index in [2.05, 4.69) is 5.32 Å². The van der Waals surface area contributed by atoms with Gasteiger partial charge in [-0.1, -0.05) is 11.6 Å². The van der Waals surface area contributed by atoms with Crippen LogP contribution >= 0.6 is 22.9 Å². The lowest BCUT2D eigenvalue weighted by Gasteiger charge is -2.25. The molecule has 2 heterocycles. The van der Waals surface area contributed by atoms with Crippen molar-refractivity contribution in [3.63, 3.8) is 0 Å². The maximum absolute atomic E-state index is 12.6. The lowest BCUT2D eigenvalue weighted by molar-refractivity contribution is -0.134. The minimum atomic E-state index is -3.43. The topological polar surface area (TPSA) is 75.7 Å². The maximum Gasteiger partial charge on any atom is 0.263 e. The molecule has 28 heavy (non-hydrogen) atoms. The minimum absolute atomic E-state index is 0.242. The van der Waals surface area contributed by atoms with E-state index in [0.717, 1.165) is 17.7 Å². The van der Waals surface area contributed by atoms with Crippen LogP contribution in [0.15, 0.2) is 40.6 Å². The summed E-state index contributed by atoms with van der Waals surface area (Å²) in [6, 6.07) is 10.1. The van der Waals surface area contributed by atoms with Gasteiger partial charge >= 0.3 is 0 Å². The van der Waals surface area contributed by atoms with E-state index in [0.29, 0.717) is 28.1 Å². The second kappa shape index (κ2) is 8.41. The molecule has 1 saturated heterocycles. The monoisotopic (exact) mass is 442 g/mol. The van der Waals surface area contributed by atoms with Gasteiger partial charge in [0.05, 0.1) is 6.54 Å². The number of thiophene rings is 1. The Kier molecular flexibility index (Phi) is 6.34. The second-order valence-corrected chi connectivity index (χ2v) is 10.9. The van der Waals surface area contributed by atoms with Gasteiger partial charge in [-0.3, -0.25) is 4.79 Å². The number of ether oxygens (including phenoxy) is 1. The van der Waals surface area contributed by atoms with Crippen LogP contribution in [0.25, 0.3) is 0 Å². The molecule has 2 aromatic rings. The Hall–Kier alpha value is -1.61. The molecule has 3 rings (SSSR count). The molecule has 152 valence electrons. The predicted octanol–water partition coefficient (Wildman–Crippen LogP) is 3.66. The first-order valence-electron chi connectivity index (χ1n) is 9.00. The van der Waals surface area contributed by atoms with Gasteiger partial charge in [0.2, 0.25) is 0 Å². The smallest absolute Gasteiger partial charge is 0.263 e. The molecule has 0 saturated carbocycles. The quantitative estimate of drug-likeness (QED) is 0.709. The zero-order valence-electron chi connectivity index (χ0n) is 15.8. The molecular weight excluding hydrogens is 420 g/mol. The molecule has 0 aliphatic carbocycles. The molecule has 1 fully saturated rings. The van der Waals surface area contributed by atoms with Crippen LogP contribution in [-0.4, -0.2) is 37.3 Å². The lowest BCUT2D eigenvalue weighted by Crippen LogP contribution is -2.46. The van der Waals surface area contributed by atoms with E-state index in [1.54, 1.807) is 50.2 Å². The third kappa shape index (κ3) is 4.86. The molecule has 1 aliphatic heterocycles. The normalized spacial score (nSPS) is 15.5. The van der Waals surface area contributed by atoms with Crippen molar-refractivity contribution in [1.29, 1.82) is 0 Å². The van der Waals surface area contributed by atoms with Crippen molar-refractivity contribution in [2.45, 2.75) is 43.0 Å². The highest BCUT2D eigenvalue weighted by Crippen LogP contribution is 2.27. The van der Waals surface area contributed by atoms with Crippen LogP contribution in [-0.2, 0) is 21.4 Å². The lowest BCUT2D eigenvalue weighted by atomic mass is 10.1. The first-order chi connectivity index (χ1) is 13.2. The third-order valence-corrected chi connectivity index (χ3v) is 8.16. The molecule has 0 atom stereocenters. The standard InChI is InChI=1S/C19H23ClN2O4S2/c1-19(2,26-15-7-5-14(20)6-8-15)18(23)21-13-16-9-10-17(27-16)28(24,25)22-11-3-4-12-22/h5-10H,3-4,11-13H2,1-2H3,(H,21,23). The van der Waals surface area contributed by atoms with Crippen LogP contribution in [0.5, 0.6) is 5.75 Å². The molecule has 0 radical (unpaired) electrons. The van der Waals surface area contributed by atoms with Crippen LogP contribution in [0.1, 0.15) is 31.6 Å². The maximum atomic E-state index is 12.6. The van der Waals surface area contributed by atoms with Crippen LogP contribution in [0.4, 0.5) is 0 Å². The predicted molar refractivity (Wildman–Crippen MR) is 110 cm³/mol. The minimum Gasteiger partial charge on any atom is -0.478 e. The van der Waals surface area contributed by atoms with E-state index < -0.39 is 15.6 Å². The fourth-order valence-corrected chi connectivity index (χ4v) is 5.96. The highest BCUT2D eigenvalue weighted by Gasteiger charge is 2.31. The summed E-state index contributed by atoms with van der Waals surface area (Å²) in [6.07, 6.45) is 1.80. The van der Waals surface area contributed by atoms with E-state index in [4.69, 9.17) is 16.3 Å². The Morgan fingerprint density at radius 1 is 1.18 bits per heavy atom. The number of carbonyl (C=O) groups is 1. The van der Waals surface area contributed by atoms with Gasteiger partial charge in [-0.2, -0.15) is 4.31 Å². The summed E-state index contributed by atoms with van der Waals surface area (Å²) in [4.78, 5) is 13.3. The first kappa shape index (κ1) is 21.1. The Morgan fingerprint density at radius 3 is 2.46 bits per heavy atom. The Balaban J connectivity index is 1.59. The molecule has 9 heteroatoms. The third-order valence-electron chi connectivity index (χ3n) is 4.45. The van der Waals surface area contributed by atoms with Crippen molar-refractivity contribution in [2.75, 3.05) is 13.1 Å². The van der Waals surface area contributed by atoms with Gasteiger partial charge in [-0.05, 0) is 63.1 Å². The van der Waals surface area contributed by atoms with Crippen LogP contribution < -0.4 is 10.1 Å². The molecule has 0 bridgehead atoms. The van der Waals surface area contributed by atoms with Gasteiger partial charge in [0.1, 0.15) is 9.96 Å². The van der Waals surface area contributed by atoms with Gasteiger partial charge < -0.3 is 10.1 Å². The summed E-state index contributed by atoms with van der Waals surface area (Å²) >= 11 is 7.04. The fraction of sp³-hybridized carbons (Fsp3) is 0.421. The first-order valence-corrected chi connectivity index (χ1v) is 11.6. The van der Waals surface area contributed by atoms with Crippen LogP contribution in [0, 0.1) is 0 Å². The van der Waals surface area contributed by atoms with Gasteiger partial charge in [-0.25, -0.2) is 8.42 Å². The van der Waals surface area contributed by atoms with Gasteiger partial charge in [0, 0.05) is 23.0 Å². The average molecular weight is 443 g/mol. The van der Waals surface area contributed by atoms with Crippen molar-refractivity contribution in [3.8, 4) is 5.75 Å². The Bertz CT molecular complexity index is 933. The Morgan fingerprint density at radius 2 is 1.82 bits per heavy atom. The summed E-state index contributed by atoms with van der Waals surface area (Å²) in [5, 5.41) is 3.41. The van der Waals surface area contributed by atoms with E-state index in [1.165, 1.54) is 15.6 Å². The largest absolute Gasteiger partial charge is 0.478 e. The van der Waals surface area contributed by atoms with Crippen molar-refractivity contribution in [2.24, 2.45) is 0 Å². The van der Waals surface area contributed by atoms with Crippen molar-refractivity contribution >= 4 is 38.9 Å². The molecule has 1 aliphatic rings. The zero-order valence-corrected chi connectivity index (χ0v) is 18.2. The number of nitrogens with one attached hydrogen (secondary N) is 1. The molecule has 1 aromatic carbocycles. The number of amides is 1. The molecule has 1 aromatic heterocycles. The van der Waals surface area contributed by atoms with Crippen LogP contribution in [0.2, 0.25) is 5.02 Å². The average Bonchev–Trinajstić information content (AvgIpc) is 3.34. The number of halogens is 1. The Labute approximate surface area is 174 Å². The molecule has 1 N–H and O–H groups in total. The number of benzene rings is 1. The number of rotatable bonds is 7. The summed E-state index contributed by atoms with van der Waals surface area (Å²) in [6.45, 7) is 4.74. The summed E-state index contributed by atoms with van der Waals surface area (Å²) in [5.41, 5.74) is -1.09. The molecular formula is C19H23ClN2O4S2. The SMILES string of the molecule is CC(C)(Oc1ccc(Cl)cc1)C(=O)NCc1ccc(S(=O)(=O)N2CCCC2)s1. The van der Waals surface area contributed by atoms with Crippen molar-refractivity contribution in [1.82, 2.24) is 9.62 Å². The van der Waals surface area contributed by atoms with Gasteiger partial charge in [0.15, 0.2) is 5.60 Å². The summed E-state index contributed by atoms with van der Waals surface area (Å²) in [5.74, 6) is 0.250. The molecule has 1 amide bonds. The van der Waals surface area contributed by atoms with Crippen LogP contribution in [0.3, 0.4) is 0 Å². The van der Waals surface area contributed by atoms with Crippen molar-refractivity contribution < 1.29 is 17.9 Å². The fourth-order valence-electron chi connectivity index (χ4n) is 2.87. The summed E-state index contributed by atoms with van der Waals surface area (Å²) < 4.78 is 32.8. The number of hydrogen-bond donors (Lipinski definition) is 1. The van der Waals surface area contributed by atoms with Crippen molar-refractivity contribution in [3.05, 3.63) is 46.3 Å². The van der Waals surface area contributed by atoms with E-state index in [1.807, 2.05) is 0 Å². The number of carbonyl (C=O) groups excluding carboxylic acids is 1. The molecule has 0 unspecified atom stereocenters. The number of nitrogens with zero attached hydrogens (tertiary/aromatic N) is 1. The van der Waals surface area contributed by atoms with E-state index >= 15 is 0 Å². The summed E-state index contributed by atoms with van der Waals surface area (Å²) in [7, 11) is -3.43. The molecule has 0 spiro atoms. The highest BCUT2D eigenvalue weighted by molar-refractivity contribution is 7.91. The number of hydrogen-bond acceptors (Lipinski definition) is 5.